The van der Waals surface area contributed by atoms with Crippen LogP contribution in [0.1, 0.15) is 39.0 Å². The third-order valence-corrected chi connectivity index (χ3v) is 3.20. The van der Waals surface area contributed by atoms with Crippen molar-refractivity contribution in [2.24, 2.45) is 11.8 Å². The van der Waals surface area contributed by atoms with Crippen LogP contribution in [-0.2, 0) is 0 Å². The molecule has 14 heavy (non-hydrogen) atoms. The van der Waals surface area contributed by atoms with Gasteiger partial charge in [-0.05, 0) is 18.3 Å². The van der Waals surface area contributed by atoms with Crippen molar-refractivity contribution in [3.63, 3.8) is 0 Å². The first-order chi connectivity index (χ1) is 6.72. The minimum absolute atomic E-state index is 0.0609. The molecule has 0 aromatic rings. The second kappa shape index (κ2) is 5.89. The summed E-state index contributed by atoms with van der Waals surface area (Å²) in [6, 6.07) is -0.0609. The van der Waals surface area contributed by atoms with Gasteiger partial charge in [0.25, 0.3) is 0 Å². The van der Waals surface area contributed by atoms with Gasteiger partial charge in [-0.2, -0.15) is 0 Å². The van der Waals surface area contributed by atoms with Gasteiger partial charge < -0.3 is 10.6 Å². The molecule has 1 aliphatic rings. The van der Waals surface area contributed by atoms with Crippen LogP contribution < -0.4 is 10.6 Å². The van der Waals surface area contributed by atoms with Crippen molar-refractivity contribution in [2.75, 3.05) is 13.6 Å². The highest BCUT2D eigenvalue weighted by atomic mass is 16.2. The summed E-state index contributed by atoms with van der Waals surface area (Å²) in [6.07, 6.45) is 6.56. The lowest BCUT2D eigenvalue weighted by Gasteiger charge is -2.26. The summed E-state index contributed by atoms with van der Waals surface area (Å²) >= 11 is 0. The Bertz CT molecular complexity index is 174. The maximum Gasteiger partial charge on any atom is 0.314 e. The van der Waals surface area contributed by atoms with E-state index >= 15 is 0 Å². The molecule has 0 radical (unpaired) electrons. The molecular weight excluding hydrogens is 176 g/mol. The van der Waals surface area contributed by atoms with E-state index in [9.17, 15) is 4.79 Å². The van der Waals surface area contributed by atoms with Gasteiger partial charge in [0.1, 0.15) is 0 Å². The van der Waals surface area contributed by atoms with Gasteiger partial charge in [0, 0.05) is 13.6 Å². The lowest BCUT2D eigenvalue weighted by molar-refractivity contribution is 0.238. The molecule has 0 unspecified atom stereocenters. The summed E-state index contributed by atoms with van der Waals surface area (Å²) in [5.41, 5.74) is 0. The monoisotopic (exact) mass is 198 g/mol. The minimum atomic E-state index is -0.0609. The zero-order valence-electron chi connectivity index (χ0n) is 9.31. The molecule has 3 nitrogen and oxygen atoms in total. The second-order valence-electron chi connectivity index (χ2n) is 4.42. The van der Waals surface area contributed by atoms with Crippen molar-refractivity contribution < 1.29 is 4.79 Å². The summed E-state index contributed by atoms with van der Waals surface area (Å²) in [6.45, 7) is 3.15. The Morgan fingerprint density at radius 3 is 2.50 bits per heavy atom. The molecule has 0 bridgehead atoms. The predicted octanol–water partition coefficient (Wildman–Crippen LogP) is 2.13. The van der Waals surface area contributed by atoms with Crippen LogP contribution in [0.4, 0.5) is 4.79 Å². The quantitative estimate of drug-likeness (QED) is 0.716. The van der Waals surface area contributed by atoms with Crippen molar-refractivity contribution in [3.05, 3.63) is 0 Å². The summed E-state index contributed by atoms with van der Waals surface area (Å²) in [5, 5.41) is 5.40. The molecule has 1 aliphatic carbocycles. The zero-order valence-corrected chi connectivity index (χ0v) is 9.31. The first kappa shape index (κ1) is 11.3. The van der Waals surface area contributed by atoms with Crippen molar-refractivity contribution in [2.45, 2.75) is 39.0 Å². The van der Waals surface area contributed by atoms with E-state index in [1.54, 1.807) is 7.05 Å². The molecule has 1 rings (SSSR count). The highest BCUT2D eigenvalue weighted by Crippen LogP contribution is 2.29. The Hall–Kier alpha value is -0.730. The highest BCUT2D eigenvalue weighted by Gasteiger charge is 2.17. The number of hydrogen-bond donors (Lipinski definition) is 2. The first-order valence-corrected chi connectivity index (χ1v) is 5.68. The molecule has 0 spiro atoms. The summed E-state index contributed by atoms with van der Waals surface area (Å²) in [4.78, 5) is 10.9. The molecule has 2 amide bonds. The summed E-state index contributed by atoms with van der Waals surface area (Å²) in [7, 11) is 1.65. The molecule has 0 atom stereocenters. The molecule has 2 N–H and O–H groups in total. The van der Waals surface area contributed by atoms with E-state index in [0.29, 0.717) is 0 Å². The van der Waals surface area contributed by atoms with E-state index in [1.807, 2.05) is 0 Å². The number of hydrogen-bond acceptors (Lipinski definition) is 1. The average molecular weight is 198 g/mol. The number of rotatable bonds is 3. The number of carbonyl (C=O) groups is 1. The Balaban J connectivity index is 2.04. The van der Waals surface area contributed by atoms with Crippen molar-refractivity contribution >= 4 is 6.03 Å². The summed E-state index contributed by atoms with van der Waals surface area (Å²) < 4.78 is 0. The van der Waals surface area contributed by atoms with E-state index in [-0.39, 0.29) is 6.03 Å². The van der Waals surface area contributed by atoms with Gasteiger partial charge in [-0.25, -0.2) is 4.79 Å². The van der Waals surface area contributed by atoms with Crippen molar-refractivity contribution in [1.82, 2.24) is 10.6 Å². The normalized spacial score (nSPS) is 27.0. The lowest BCUT2D eigenvalue weighted by atomic mass is 9.81. The molecule has 1 fully saturated rings. The Morgan fingerprint density at radius 2 is 1.93 bits per heavy atom. The SMILES string of the molecule is CNC(=O)NCCC1CCC(C)CC1. The molecule has 82 valence electrons. The van der Waals surface area contributed by atoms with Crippen molar-refractivity contribution in [3.8, 4) is 0 Å². The Kier molecular flexibility index (Phi) is 4.77. The van der Waals surface area contributed by atoms with Gasteiger partial charge >= 0.3 is 6.03 Å². The Morgan fingerprint density at radius 1 is 1.29 bits per heavy atom. The Labute approximate surface area is 86.6 Å². The van der Waals surface area contributed by atoms with Gasteiger partial charge in [0.05, 0.1) is 0 Å². The van der Waals surface area contributed by atoms with Crippen LogP contribution in [0.2, 0.25) is 0 Å². The van der Waals surface area contributed by atoms with Crippen LogP contribution in [0, 0.1) is 11.8 Å². The van der Waals surface area contributed by atoms with E-state index in [2.05, 4.69) is 17.6 Å². The largest absolute Gasteiger partial charge is 0.341 e. The molecule has 0 aromatic carbocycles. The highest BCUT2D eigenvalue weighted by molar-refractivity contribution is 5.73. The van der Waals surface area contributed by atoms with Gasteiger partial charge in [0.15, 0.2) is 0 Å². The van der Waals surface area contributed by atoms with E-state index in [0.717, 1.165) is 24.8 Å². The van der Waals surface area contributed by atoms with Gasteiger partial charge in [0.2, 0.25) is 0 Å². The van der Waals surface area contributed by atoms with Crippen LogP contribution in [0.15, 0.2) is 0 Å². The molecule has 0 saturated heterocycles. The maximum atomic E-state index is 10.9. The van der Waals surface area contributed by atoms with E-state index in [1.165, 1.54) is 25.7 Å². The number of urea groups is 1. The smallest absolute Gasteiger partial charge is 0.314 e. The van der Waals surface area contributed by atoms with E-state index in [4.69, 9.17) is 0 Å². The molecule has 1 saturated carbocycles. The van der Waals surface area contributed by atoms with Crippen LogP contribution >= 0.6 is 0 Å². The van der Waals surface area contributed by atoms with Gasteiger partial charge in [-0.15, -0.1) is 0 Å². The third kappa shape index (κ3) is 3.99. The molecular formula is C11H22N2O. The second-order valence-corrected chi connectivity index (χ2v) is 4.42. The fraction of sp³-hybridized carbons (Fsp3) is 0.909. The third-order valence-electron chi connectivity index (χ3n) is 3.20. The molecule has 0 aromatic heterocycles. The zero-order chi connectivity index (χ0) is 10.4. The first-order valence-electron chi connectivity index (χ1n) is 5.68. The van der Waals surface area contributed by atoms with Crippen LogP contribution in [0.25, 0.3) is 0 Å². The minimum Gasteiger partial charge on any atom is -0.341 e. The molecule has 0 aliphatic heterocycles. The van der Waals surface area contributed by atoms with Gasteiger partial charge in [-0.1, -0.05) is 32.6 Å². The fourth-order valence-corrected chi connectivity index (χ4v) is 2.10. The van der Waals surface area contributed by atoms with Crippen molar-refractivity contribution in [1.29, 1.82) is 0 Å². The standard InChI is InChI=1S/C11H22N2O/c1-9-3-5-10(6-4-9)7-8-13-11(14)12-2/h9-10H,3-8H2,1-2H3,(H2,12,13,14). The summed E-state index contributed by atoms with van der Waals surface area (Å²) in [5.74, 6) is 1.75. The van der Waals surface area contributed by atoms with Gasteiger partial charge in [-0.3, -0.25) is 0 Å². The molecule has 0 heterocycles. The van der Waals surface area contributed by atoms with Crippen LogP contribution in [-0.4, -0.2) is 19.6 Å². The molecule has 3 heteroatoms. The van der Waals surface area contributed by atoms with E-state index < -0.39 is 0 Å². The number of nitrogens with one attached hydrogen (secondary N) is 2. The number of amides is 2. The average Bonchev–Trinajstić information content (AvgIpc) is 2.21. The van der Waals surface area contributed by atoms with Crippen LogP contribution in [0.3, 0.4) is 0 Å². The topological polar surface area (TPSA) is 41.1 Å². The predicted molar refractivity (Wildman–Crippen MR) is 58.2 cm³/mol. The lowest BCUT2D eigenvalue weighted by Crippen LogP contribution is -2.34. The van der Waals surface area contributed by atoms with Crippen LogP contribution in [0.5, 0.6) is 0 Å². The number of carbonyl (C=O) groups excluding carboxylic acids is 1. The maximum absolute atomic E-state index is 10.9. The fourth-order valence-electron chi connectivity index (χ4n) is 2.10.